The molecule has 1 aromatic rings. The summed E-state index contributed by atoms with van der Waals surface area (Å²) in [5.41, 5.74) is 0.423. The fourth-order valence-electron chi connectivity index (χ4n) is 2.26. The van der Waals surface area contributed by atoms with Crippen LogP contribution in [0, 0.1) is 5.41 Å². The molecule has 5 heteroatoms. The van der Waals surface area contributed by atoms with E-state index in [1.807, 2.05) is 6.07 Å². The monoisotopic (exact) mass is 221 g/mol. The minimum atomic E-state index is 0.423. The van der Waals surface area contributed by atoms with Crippen LogP contribution in [0.15, 0.2) is 12.3 Å². The van der Waals surface area contributed by atoms with Gasteiger partial charge in [-0.05, 0) is 6.07 Å². The summed E-state index contributed by atoms with van der Waals surface area (Å²) >= 11 is 0. The average Bonchev–Trinajstić information content (AvgIpc) is 2.14. The van der Waals surface area contributed by atoms with Crippen LogP contribution in [0.25, 0.3) is 0 Å². The lowest BCUT2D eigenvalue weighted by Crippen LogP contribution is -2.66. The molecule has 2 saturated heterocycles. The number of rotatable bonds is 3. The molecular formula is C11H15N3O2. The van der Waals surface area contributed by atoms with Crippen molar-refractivity contribution in [1.29, 1.82) is 0 Å². The van der Waals surface area contributed by atoms with Gasteiger partial charge in [0.25, 0.3) is 0 Å². The van der Waals surface area contributed by atoms with Gasteiger partial charge in [-0.15, -0.1) is 0 Å². The van der Waals surface area contributed by atoms with Gasteiger partial charge in [0.05, 0.1) is 18.6 Å². The third-order valence-corrected chi connectivity index (χ3v) is 3.16. The summed E-state index contributed by atoms with van der Waals surface area (Å²) in [4.78, 5) is 10.9. The van der Waals surface area contributed by atoms with Gasteiger partial charge in [-0.2, -0.15) is 0 Å². The van der Waals surface area contributed by atoms with Gasteiger partial charge in [0.1, 0.15) is 12.4 Å². The van der Waals surface area contributed by atoms with E-state index in [2.05, 4.69) is 14.9 Å². The lowest BCUT2D eigenvalue weighted by molar-refractivity contribution is -0.127. The van der Waals surface area contributed by atoms with Crippen molar-refractivity contribution in [2.45, 2.75) is 6.61 Å². The second-order valence-electron chi connectivity index (χ2n) is 4.61. The number of anilines is 1. The van der Waals surface area contributed by atoms with Crippen molar-refractivity contribution in [2.75, 3.05) is 38.3 Å². The van der Waals surface area contributed by atoms with E-state index in [4.69, 9.17) is 9.47 Å². The molecule has 3 rings (SSSR count). The van der Waals surface area contributed by atoms with Gasteiger partial charge in [-0.25, -0.2) is 9.97 Å². The summed E-state index contributed by atoms with van der Waals surface area (Å²) < 4.78 is 10.3. The highest BCUT2D eigenvalue weighted by Crippen LogP contribution is 2.39. The predicted octanol–water partition coefficient (Wildman–Crippen LogP) is 0.460. The Morgan fingerprint density at radius 1 is 1.50 bits per heavy atom. The van der Waals surface area contributed by atoms with Crippen molar-refractivity contribution in [3.8, 4) is 0 Å². The Labute approximate surface area is 94.4 Å². The van der Waals surface area contributed by atoms with Crippen LogP contribution < -0.4 is 4.90 Å². The maximum absolute atomic E-state index is 5.25. The normalized spacial score (nSPS) is 21.7. The Balaban J connectivity index is 1.68. The number of hydrogen-bond acceptors (Lipinski definition) is 5. The van der Waals surface area contributed by atoms with Crippen LogP contribution in [-0.4, -0.2) is 43.4 Å². The highest BCUT2D eigenvalue weighted by molar-refractivity contribution is 5.43. The van der Waals surface area contributed by atoms with Crippen LogP contribution in [0.1, 0.15) is 5.82 Å². The molecule has 0 aromatic carbocycles. The summed E-state index contributed by atoms with van der Waals surface area (Å²) in [6.07, 6.45) is 1.79. The molecule has 0 saturated carbocycles. The Bertz CT molecular complexity index is 385. The molecule has 1 aromatic heterocycles. The van der Waals surface area contributed by atoms with Crippen LogP contribution in [-0.2, 0) is 16.1 Å². The van der Waals surface area contributed by atoms with Gasteiger partial charge in [0.15, 0.2) is 5.82 Å². The molecule has 0 bridgehead atoms. The Kier molecular flexibility index (Phi) is 2.29. The van der Waals surface area contributed by atoms with E-state index in [9.17, 15) is 0 Å². The zero-order chi connectivity index (χ0) is 11.0. The zero-order valence-electron chi connectivity index (χ0n) is 9.35. The fourth-order valence-corrected chi connectivity index (χ4v) is 2.26. The number of aromatic nitrogens is 2. The summed E-state index contributed by atoms with van der Waals surface area (Å²) in [6, 6.07) is 1.95. The van der Waals surface area contributed by atoms with Gasteiger partial charge in [-0.3, -0.25) is 0 Å². The van der Waals surface area contributed by atoms with E-state index in [1.165, 1.54) is 0 Å². The minimum absolute atomic E-state index is 0.423. The zero-order valence-corrected chi connectivity index (χ0v) is 9.35. The predicted molar refractivity (Wildman–Crippen MR) is 58.2 cm³/mol. The first-order valence-electron chi connectivity index (χ1n) is 5.45. The first-order valence-corrected chi connectivity index (χ1v) is 5.45. The highest BCUT2D eigenvalue weighted by Gasteiger charge is 2.49. The molecule has 0 N–H and O–H groups in total. The van der Waals surface area contributed by atoms with Gasteiger partial charge < -0.3 is 14.4 Å². The first kappa shape index (κ1) is 9.99. The largest absolute Gasteiger partial charge is 0.380 e. The topological polar surface area (TPSA) is 47.5 Å². The van der Waals surface area contributed by atoms with E-state index < -0.39 is 0 Å². The maximum Gasteiger partial charge on any atom is 0.156 e. The SMILES string of the molecule is COCc1nccc(N2CC3(COC3)C2)n1. The number of nitrogens with zero attached hydrogens (tertiary/aromatic N) is 3. The van der Waals surface area contributed by atoms with Crippen molar-refractivity contribution >= 4 is 5.82 Å². The van der Waals surface area contributed by atoms with Crippen molar-refractivity contribution in [3.05, 3.63) is 18.1 Å². The second kappa shape index (κ2) is 3.68. The van der Waals surface area contributed by atoms with Gasteiger partial charge in [0, 0.05) is 26.4 Å². The Morgan fingerprint density at radius 2 is 2.31 bits per heavy atom. The van der Waals surface area contributed by atoms with Crippen LogP contribution in [0.2, 0.25) is 0 Å². The number of methoxy groups -OCH3 is 1. The van der Waals surface area contributed by atoms with Crippen molar-refractivity contribution in [3.63, 3.8) is 0 Å². The molecule has 5 nitrogen and oxygen atoms in total. The Morgan fingerprint density at radius 3 is 2.94 bits per heavy atom. The standard InChI is InChI=1S/C11H15N3O2/c1-15-4-9-12-3-2-10(13-9)14-5-11(6-14)7-16-8-11/h2-3H,4-8H2,1H3. The summed E-state index contributed by atoms with van der Waals surface area (Å²) in [5, 5.41) is 0. The molecule has 0 amide bonds. The van der Waals surface area contributed by atoms with E-state index in [0.29, 0.717) is 12.0 Å². The third kappa shape index (κ3) is 1.56. The third-order valence-electron chi connectivity index (χ3n) is 3.16. The summed E-state index contributed by atoms with van der Waals surface area (Å²) in [5.74, 6) is 1.74. The van der Waals surface area contributed by atoms with Gasteiger partial charge in [0.2, 0.25) is 0 Å². The molecule has 0 radical (unpaired) electrons. The molecule has 86 valence electrons. The lowest BCUT2D eigenvalue weighted by atomic mass is 9.78. The molecular weight excluding hydrogens is 206 g/mol. The molecule has 2 aliphatic heterocycles. The molecule has 16 heavy (non-hydrogen) atoms. The van der Waals surface area contributed by atoms with Crippen molar-refractivity contribution in [2.24, 2.45) is 5.41 Å². The Hall–Kier alpha value is -1.20. The molecule has 1 spiro atoms. The molecule has 0 atom stereocenters. The molecule has 2 fully saturated rings. The first-order chi connectivity index (χ1) is 7.81. The van der Waals surface area contributed by atoms with Gasteiger partial charge >= 0.3 is 0 Å². The molecule has 2 aliphatic rings. The van der Waals surface area contributed by atoms with Crippen molar-refractivity contribution in [1.82, 2.24) is 9.97 Å². The smallest absolute Gasteiger partial charge is 0.156 e. The quantitative estimate of drug-likeness (QED) is 0.742. The maximum atomic E-state index is 5.25. The summed E-state index contributed by atoms with van der Waals surface area (Å²) in [6.45, 7) is 4.38. The number of ether oxygens (including phenoxy) is 2. The van der Waals surface area contributed by atoms with Crippen LogP contribution in [0.4, 0.5) is 5.82 Å². The van der Waals surface area contributed by atoms with E-state index in [1.54, 1.807) is 13.3 Å². The second-order valence-corrected chi connectivity index (χ2v) is 4.61. The van der Waals surface area contributed by atoms with E-state index >= 15 is 0 Å². The molecule has 0 aliphatic carbocycles. The minimum Gasteiger partial charge on any atom is -0.380 e. The average molecular weight is 221 g/mol. The number of hydrogen-bond donors (Lipinski definition) is 0. The van der Waals surface area contributed by atoms with E-state index in [0.717, 1.165) is 37.9 Å². The van der Waals surface area contributed by atoms with Gasteiger partial charge in [-0.1, -0.05) is 0 Å². The lowest BCUT2D eigenvalue weighted by Gasteiger charge is -2.55. The highest BCUT2D eigenvalue weighted by atomic mass is 16.5. The van der Waals surface area contributed by atoms with E-state index in [-0.39, 0.29) is 0 Å². The van der Waals surface area contributed by atoms with Crippen molar-refractivity contribution < 1.29 is 9.47 Å². The van der Waals surface area contributed by atoms with Crippen LogP contribution in [0.5, 0.6) is 0 Å². The summed E-state index contributed by atoms with van der Waals surface area (Å²) in [7, 11) is 1.65. The van der Waals surface area contributed by atoms with Crippen LogP contribution in [0.3, 0.4) is 0 Å². The molecule has 3 heterocycles. The van der Waals surface area contributed by atoms with Crippen LogP contribution >= 0.6 is 0 Å². The molecule has 0 unspecified atom stereocenters. The fraction of sp³-hybridized carbons (Fsp3) is 0.636.